The molecule has 1 amide bonds. The highest BCUT2D eigenvalue weighted by molar-refractivity contribution is 14.0. The third-order valence-corrected chi connectivity index (χ3v) is 3.70. The smallest absolute Gasteiger partial charge is 0.410 e. The molecule has 9 heteroatoms. The van der Waals surface area contributed by atoms with Crippen molar-refractivity contribution in [3.05, 3.63) is 17.3 Å². The standard InChI is InChI=1S/C16H27N5O3.HI/c1-11-12(2)23-13(19-11)10-18-14(17)20-6-8-21(9-7-20)15(22)24-16(3,4)5;/h6-10H2,1-5H3,(H2,17,18);1H. The topological polar surface area (TPSA) is 97.2 Å². The van der Waals surface area contributed by atoms with Crippen molar-refractivity contribution in [2.45, 2.75) is 46.8 Å². The summed E-state index contributed by atoms with van der Waals surface area (Å²) in [7, 11) is 0. The summed E-state index contributed by atoms with van der Waals surface area (Å²) in [6.45, 7) is 12.0. The quantitative estimate of drug-likeness (QED) is 0.409. The van der Waals surface area contributed by atoms with E-state index in [4.69, 9.17) is 14.9 Å². The number of aromatic nitrogens is 1. The molecule has 0 bridgehead atoms. The van der Waals surface area contributed by atoms with E-state index in [1.165, 1.54) is 0 Å². The molecule has 2 N–H and O–H groups in total. The Balaban J connectivity index is 0.00000312. The molecule has 142 valence electrons. The number of rotatable bonds is 2. The van der Waals surface area contributed by atoms with Gasteiger partial charge in [-0.1, -0.05) is 0 Å². The van der Waals surface area contributed by atoms with E-state index < -0.39 is 5.60 Å². The third-order valence-electron chi connectivity index (χ3n) is 3.70. The van der Waals surface area contributed by atoms with Gasteiger partial charge < -0.3 is 24.7 Å². The molecule has 1 saturated heterocycles. The maximum absolute atomic E-state index is 12.0. The molecule has 0 spiro atoms. The Kier molecular flexibility index (Phi) is 7.51. The van der Waals surface area contributed by atoms with Crippen LogP contribution in [0.5, 0.6) is 0 Å². The number of oxazole rings is 1. The third kappa shape index (κ3) is 6.37. The Bertz CT molecular complexity index is 596. The summed E-state index contributed by atoms with van der Waals surface area (Å²) >= 11 is 0. The number of carbonyl (C=O) groups excluding carboxylic acids is 1. The molecule has 0 saturated carbocycles. The van der Waals surface area contributed by atoms with E-state index in [0.29, 0.717) is 44.6 Å². The van der Waals surface area contributed by atoms with E-state index in [-0.39, 0.29) is 30.1 Å². The van der Waals surface area contributed by atoms with E-state index in [2.05, 4.69) is 9.98 Å². The molecule has 25 heavy (non-hydrogen) atoms. The Labute approximate surface area is 165 Å². The molecule has 0 aromatic carbocycles. The monoisotopic (exact) mass is 465 g/mol. The normalized spacial score (nSPS) is 15.8. The van der Waals surface area contributed by atoms with Crippen LogP contribution in [0.25, 0.3) is 0 Å². The fourth-order valence-electron chi connectivity index (χ4n) is 2.30. The molecule has 0 radical (unpaired) electrons. The van der Waals surface area contributed by atoms with Gasteiger partial charge >= 0.3 is 6.09 Å². The van der Waals surface area contributed by atoms with Crippen LogP contribution in [-0.2, 0) is 11.3 Å². The lowest BCUT2D eigenvalue weighted by molar-refractivity contribution is 0.0186. The van der Waals surface area contributed by atoms with Crippen molar-refractivity contribution in [1.82, 2.24) is 14.8 Å². The van der Waals surface area contributed by atoms with Crippen LogP contribution in [0.3, 0.4) is 0 Å². The largest absolute Gasteiger partial charge is 0.444 e. The van der Waals surface area contributed by atoms with Crippen molar-refractivity contribution in [2.24, 2.45) is 10.7 Å². The van der Waals surface area contributed by atoms with Gasteiger partial charge in [-0.25, -0.2) is 14.8 Å². The van der Waals surface area contributed by atoms with Gasteiger partial charge in [-0.05, 0) is 34.6 Å². The van der Waals surface area contributed by atoms with Crippen LogP contribution < -0.4 is 5.73 Å². The van der Waals surface area contributed by atoms with E-state index in [0.717, 1.165) is 11.5 Å². The molecule has 0 atom stereocenters. The molecule has 2 rings (SSSR count). The number of amides is 1. The molecule has 1 aromatic rings. The van der Waals surface area contributed by atoms with Gasteiger partial charge in [0.15, 0.2) is 5.96 Å². The number of halogens is 1. The van der Waals surface area contributed by atoms with Crippen LogP contribution in [0, 0.1) is 13.8 Å². The summed E-state index contributed by atoms with van der Waals surface area (Å²) < 4.78 is 10.9. The molecule has 8 nitrogen and oxygen atoms in total. The van der Waals surface area contributed by atoms with E-state index in [1.54, 1.807) is 4.90 Å². The predicted octanol–water partition coefficient (Wildman–Crippen LogP) is 2.28. The lowest BCUT2D eigenvalue weighted by Gasteiger charge is -2.36. The molecule has 1 aliphatic rings. The van der Waals surface area contributed by atoms with E-state index in [1.807, 2.05) is 39.5 Å². The highest BCUT2D eigenvalue weighted by Gasteiger charge is 2.26. The number of hydrogen-bond donors (Lipinski definition) is 1. The molecular weight excluding hydrogens is 437 g/mol. The van der Waals surface area contributed by atoms with Gasteiger partial charge in [0.25, 0.3) is 0 Å². The minimum absolute atomic E-state index is 0. The summed E-state index contributed by atoms with van der Waals surface area (Å²) in [5.41, 5.74) is 6.42. The average molecular weight is 465 g/mol. The average Bonchev–Trinajstić information content (AvgIpc) is 2.82. The fraction of sp³-hybridized carbons (Fsp3) is 0.688. The highest BCUT2D eigenvalue weighted by atomic mass is 127. The van der Waals surface area contributed by atoms with E-state index in [9.17, 15) is 4.79 Å². The first-order valence-corrected chi connectivity index (χ1v) is 8.11. The molecule has 1 aliphatic heterocycles. The van der Waals surface area contributed by atoms with Crippen molar-refractivity contribution >= 4 is 36.0 Å². The number of hydrogen-bond acceptors (Lipinski definition) is 5. The Hall–Kier alpha value is -1.52. The second-order valence-corrected chi connectivity index (χ2v) is 6.88. The first-order chi connectivity index (χ1) is 11.2. The van der Waals surface area contributed by atoms with Crippen molar-refractivity contribution in [2.75, 3.05) is 26.2 Å². The second kappa shape index (κ2) is 8.72. The summed E-state index contributed by atoms with van der Waals surface area (Å²) in [6.07, 6.45) is -0.289. The second-order valence-electron chi connectivity index (χ2n) is 6.88. The van der Waals surface area contributed by atoms with Crippen LogP contribution >= 0.6 is 24.0 Å². The molecule has 0 aliphatic carbocycles. The Morgan fingerprint density at radius 2 is 1.80 bits per heavy atom. The maximum atomic E-state index is 12.0. The minimum atomic E-state index is -0.485. The molecule has 1 aromatic heterocycles. The van der Waals surface area contributed by atoms with Gasteiger partial charge in [0.1, 0.15) is 17.9 Å². The Morgan fingerprint density at radius 3 is 2.28 bits per heavy atom. The number of carbonyl (C=O) groups is 1. The van der Waals surface area contributed by atoms with Crippen molar-refractivity contribution < 1.29 is 13.9 Å². The van der Waals surface area contributed by atoms with Crippen molar-refractivity contribution in [3.63, 3.8) is 0 Å². The molecule has 2 heterocycles. The summed E-state index contributed by atoms with van der Waals surface area (Å²) in [6, 6.07) is 0. The number of nitrogens with two attached hydrogens (primary N) is 1. The molecule has 1 fully saturated rings. The van der Waals surface area contributed by atoms with Crippen molar-refractivity contribution in [1.29, 1.82) is 0 Å². The van der Waals surface area contributed by atoms with Crippen LogP contribution in [0.4, 0.5) is 4.79 Å². The maximum Gasteiger partial charge on any atom is 0.410 e. The Morgan fingerprint density at radius 1 is 1.24 bits per heavy atom. The number of aliphatic imine (C=N–C) groups is 1. The number of piperazine rings is 1. The lowest BCUT2D eigenvalue weighted by atomic mass is 10.2. The van der Waals surface area contributed by atoms with Gasteiger partial charge in [0.05, 0.1) is 5.69 Å². The summed E-state index contributed by atoms with van der Waals surface area (Å²) in [5.74, 6) is 1.79. The zero-order valence-electron chi connectivity index (χ0n) is 15.5. The van der Waals surface area contributed by atoms with Crippen LogP contribution in [0.15, 0.2) is 9.41 Å². The highest BCUT2D eigenvalue weighted by Crippen LogP contribution is 2.12. The van der Waals surface area contributed by atoms with Gasteiger partial charge in [0.2, 0.25) is 5.89 Å². The zero-order chi connectivity index (χ0) is 17.9. The first kappa shape index (κ1) is 21.5. The zero-order valence-corrected chi connectivity index (χ0v) is 17.9. The first-order valence-electron chi connectivity index (χ1n) is 8.11. The summed E-state index contributed by atoms with van der Waals surface area (Å²) in [4.78, 5) is 24.3. The lowest BCUT2D eigenvalue weighted by Crippen LogP contribution is -2.53. The van der Waals surface area contributed by atoms with Crippen LogP contribution in [0.1, 0.15) is 38.1 Å². The van der Waals surface area contributed by atoms with Gasteiger partial charge in [-0.2, -0.15) is 0 Å². The summed E-state index contributed by atoms with van der Waals surface area (Å²) in [5, 5.41) is 0. The fourth-order valence-corrected chi connectivity index (χ4v) is 2.30. The SMILES string of the molecule is Cc1nc(CN=C(N)N2CCN(C(=O)OC(C)(C)C)CC2)oc1C.I. The molecule has 0 unspecified atom stereocenters. The number of aryl methyl sites for hydroxylation is 2. The van der Waals surface area contributed by atoms with Gasteiger partial charge in [-0.15, -0.1) is 24.0 Å². The molecular formula is C16H28IN5O3. The minimum Gasteiger partial charge on any atom is -0.444 e. The van der Waals surface area contributed by atoms with Crippen LogP contribution in [-0.4, -0.2) is 58.6 Å². The van der Waals surface area contributed by atoms with Gasteiger partial charge in [-0.3, -0.25) is 0 Å². The van der Waals surface area contributed by atoms with E-state index >= 15 is 0 Å². The number of guanidine groups is 1. The predicted molar refractivity (Wildman–Crippen MR) is 106 cm³/mol. The van der Waals surface area contributed by atoms with Gasteiger partial charge in [0, 0.05) is 26.2 Å². The number of ether oxygens (including phenoxy) is 1. The van der Waals surface area contributed by atoms with Crippen LogP contribution in [0.2, 0.25) is 0 Å². The van der Waals surface area contributed by atoms with Crippen molar-refractivity contribution in [3.8, 4) is 0 Å². The number of nitrogens with zero attached hydrogens (tertiary/aromatic N) is 4.